The average Bonchev–Trinajstić information content (AvgIpc) is 2.93. The molecule has 2 aromatic carbocycles. The van der Waals surface area contributed by atoms with Crippen LogP contribution in [0.5, 0.6) is 5.75 Å². The average molecular weight is 570 g/mol. The van der Waals surface area contributed by atoms with Crippen molar-refractivity contribution >= 4 is 39.8 Å². The number of fused-ring (bicyclic) bond motifs is 1. The van der Waals surface area contributed by atoms with Crippen LogP contribution in [-0.2, 0) is 4.79 Å². The van der Waals surface area contributed by atoms with Gasteiger partial charge in [0, 0.05) is 52.1 Å². The number of carbonyl (C=O) groups is 1. The molecule has 2 unspecified atom stereocenters. The van der Waals surface area contributed by atoms with Crippen molar-refractivity contribution in [1.29, 1.82) is 0 Å². The summed E-state index contributed by atoms with van der Waals surface area (Å²) in [6.07, 6.45) is 1.21. The highest BCUT2D eigenvalue weighted by molar-refractivity contribution is 6.31. The summed E-state index contributed by atoms with van der Waals surface area (Å²) >= 11 is 6.20. The van der Waals surface area contributed by atoms with Gasteiger partial charge in [0.05, 0.1) is 30.4 Å². The molecule has 4 aromatic rings. The van der Waals surface area contributed by atoms with Crippen molar-refractivity contribution in [2.45, 2.75) is 32.0 Å². The Morgan fingerprint density at radius 3 is 2.55 bits per heavy atom. The maximum absolute atomic E-state index is 13.4. The minimum absolute atomic E-state index is 0.210. The lowest BCUT2D eigenvalue weighted by atomic mass is 9.97. The van der Waals surface area contributed by atoms with Crippen LogP contribution in [0.4, 0.5) is 14.5 Å². The first kappa shape index (κ1) is 28.7. The predicted molar refractivity (Wildman–Crippen MR) is 149 cm³/mol. The molecule has 2 heterocycles. The van der Waals surface area contributed by atoms with Crippen LogP contribution in [0.1, 0.15) is 24.9 Å². The number of rotatable bonds is 10. The SMILES string of the molecule is CCC(C(O)Nc1ccc2nccnc2c1)n1cc(OC)c(-c2cc(Cl)ccc2C(N)=CC(=O)C(F)F)cc1=O. The van der Waals surface area contributed by atoms with Crippen LogP contribution >= 0.6 is 11.6 Å². The zero-order valence-corrected chi connectivity index (χ0v) is 22.3. The van der Waals surface area contributed by atoms with Crippen molar-refractivity contribution in [3.63, 3.8) is 0 Å². The number of hydrogen-bond acceptors (Lipinski definition) is 8. The highest BCUT2D eigenvalue weighted by Crippen LogP contribution is 2.36. The number of methoxy groups -OCH3 is 1. The number of pyridine rings is 1. The fourth-order valence-corrected chi connectivity index (χ4v) is 4.51. The fraction of sp³-hybridized carbons (Fsp3) is 0.214. The highest BCUT2D eigenvalue weighted by atomic mass is 35.5. The smallest absolute Gasteiger partial charge is 0.299 e. The first-order chi connectivity index (χ1) is 19.1. The normalized spacial score (nSPS) is 13.3. The first-order valence-electron chi connectivity index (χ1n) is 12.2. The third-order valence-electron chi connectivity index (χ3n) is 6.28. The maximum atomic E-state index is 13.4. The van der Waals surface area contributed by atoms with Gasteiger partial charge in [0.1, 0.15) is 12.0 Å². The highest BCUT2D eigenvalue weighted by Gasteiger charge is 2.24. The van der Waals surface area contributed by atoms with Crippen LogP contribution in [0.3, 0.4) is 0 Å². The van der Waals surface area contributed by atoms with Gasteiger partial charge in [-0.15, -0.1) is 0 Å². The molecule has 208 valence electrons. The Kier molecular flexibility index (Phi) is 8.76. The zero-order chi connectivity index (χ0) is 29.0. The van der Waals surface area contributed by atoms with E-state index in [4.69, 9.17) is 22.1 Å². The lowest BCUT2D eigenvalue weighted by Crippen LogP contribution is -2.36. The van der Waals surface area contributed by atoms with Crippen molar-refractivity contribution < 1.29 is 23.4 Å². The fourth-order valence-electron chi connectivity index (χ4n) is 4.34. The summed E-state index contributed by atoms with van der Waals surface area (Å²) in [7, 11) is 1.39. The number of alkyl halides is 2. The monoisotopic (exact) mass is 569 g/mol. The molecule has 40 heavy (non-hydrogen) atoms. The lowest BCUT2D eigenvalue weighted by Gasteiger charge is -2.26. The Hall–Kier alpha value is -4.35. The first-order valence-corrected chi connectivity index (χ1v) is 12.6. The number of anilines is 1. The number of nitrogens with two attached hydrogens (primary N) is 1. The molecule has 0 amide bonds. The molecule has 12 heteroatoms. The summed E-state index contributed by atoms with van der Waals surface area (Å²) < 4.78 is 32.5. The second-order valence-electron chi connectivity index (χ2n) is 8.82. The number of hydrogen-bond donors (Lipinski definition) is 3. The van der Waals surface area contributed by atoms with E-state index in [1.54, 1.807) is 30.6 Å². The molecule has 9 nitrogen and oxygen atoms in total. The number of ether oxygens (including phenoxy) is 1. The van der Waals surface area contributed by atoms with Crippen molar-refractivity contribution in [2.24, 2.45) is 5.73 Å². The van der Waals surface area contributed by atoms with Crippen LogP contribution in [-0.4, -0.2) is 45.2 Å². The number of allylic oxidation sites excluding steroid dienone is 1. The second-order valence-corrected chi connectivity index (χ2v) is 9.25. The Labute approximate surface area is 232 Å². The van der Waals surface area contributed by atoms with E-state index in [0.29, 0.717) is 34.8 Å². The van der Waals surface area contributed by atoms with Crippen molar-refractivity contribution in [2.75, 3.05) is 12.4 Å². The van der Waals surface area contributed by atoms with E-state index < -0.39 is 30.0 Å². The molecule has 0 fully saturated rings. The molecule has 0 saturated carbocycles. The topological polar surface area (TPSA) is 132 Å². The number of aromatic nitrogens is 3. The molecular formula is C28H26ClF2N5O4. The molecule has 0 saturated heterocycles. The van der Waals surface area contributed by atoms with Gasteiger partial charge < -0.3 is 25.5 Å². The standard InChI is InChI=1S/C28H26ClF2N5O4/c1-3-23(28(39)35-16-5-7-21-22(11-16)34-9-8-33-21)36-14-25(40-2)19(12-26(36)38)18-10-15(29)4-6-17(18)20(32)13-24(37)27(30)31/h4-14,23,27-28,35,39H,3,32H2,1-2H3. The number of ketones is 1. The number of carbonyl (C=O) groups excluding carboxylic acids is 1. The van der Waals surface area contributed by atoms with Gasteiger partial charge in [0.25, 0.3) is 12.0 Å². The van der Waals surface area contributed by atoms with Gasteiger partial charge in [-0.3, -0.25) is 19.6 Å². The second kappa shape index (κ2) is 12.2. The van der Waals surface area contributed by atoms with Gasteiger partial charge in [0.2, 0.25) is 5.78 Å². The van der Waals surface area contributed by atoms with E-state index in [9.17, 15) is 23.5 Å². The number of nitrogens with one attached hydrogen (secondary N) is 1. The lowest BCUT2D eigenvalue weighted by molar-refractivity contribution is -0.124. The van der Waals surface area contributed by atoms with Crippen LogP contribution in [0.15, 0.2) is 71.9 Å². The number of halogens is 3. The molecule has 2 aromatic heterocycles. The Morgan fingerprint density at radius 1 is 1.15 bits per heavy atom. The summed E-state index contributed by atoms with van der Waals surface area (Å²) in [5.41, 5.74) is 7.97. The summed E-state index contributed by atoms with van der Waals surface area (Å²) in [6.45, 7) is 1.81. The Balaban J connectivity index is 1.72. The van der Waals surface area contributed by atoms with Gasteiger partial charge in [0.15, 0.2) is 0 Å². The molecule has 0 aliphatic rings. The van der Waals surface area contributed by atoms with Gasteiger partial charge >= 0.3 is 0 Å². The maximum Gasteiger partial charge on any atom is 0.299 e. The molecule has 0 spiro atoms. The minimum Gasteiger partial charge on any atom is -0.495 e. The predicted octanol–water partition coefficient (Wildman–Crippen LogP) is 4.64. The Bertz CT molecular complexity index is 1640. The van der Waals surface area contributed by atoms with E-state index in [2.05, 4.69) is 15.3 Å². The van der Waals surface area contributed by atoms with Crippen molar-refractivity contribution in [1.82, 2.24) is 14.5 Å². The summed E-state index contributed by atoms with van der Waals surface area (Å²) in [4.78, 5) is 33.4. The Morgan fingerprint density at radius 2 is 1.88 bits per heavy atom. The number of aliphatic hydroxyl groups excluding tert-OH is 1. The molecular weight excluding hydrogens is 544 g/mol. The summed E-state index contributed by atoms with van der Waals surface area (Å²) in [5.74, 6) is -1.23. The molecule has 0 radical (unpaired) electrons. The van der Waals surface area contributed by atoms with E-state index >= 15 is 0 Å². The van der Waals surface area contributed by atoms with Gasteiger partial charge in [-0.2, -0.15) is 0 Å². The van der Waals surface area contributed by atoms with E-state index in [0.717, 1.165) is 0 Å². The summed E-state index contributed by atoms with van der Waals surface area (Å²) in [6, 6.07) is 10.2. The summed E-state index contributed by atoms with van der Waals surface area (Å²) in [5, 5.41) is 14.3. The van der Waals surface area contributed by atoms with Crippen LogP contribution in [0, 0.1) is 0 Å². The van der Waals surface area contributed by atoms with Crippen LogP contribution < -0.4 is 21.3 Å². The minimum atomic E-state index is -3.22. The van der Waals surface area contributed by atoms with Gasteiger partial charge in [-0.1, -0.05) is 24.6 Å². The third-order valence-corrected chi connectivity index (χ3v) is 6.52. The molecule has 0 aliphatic heterocycles. The van der Waals surface area contributed by atoms with Crippen LogP contribution in [0.2, 0.25) is 5.02 Å². The third kappa shape index (κ3) is 6.11. The molecule has 0 bridgehead atoms. The molecule has 2 atom stereocenters. The number of nitrogens with zero attached hydrogens (tertiary/aromatic N) is 3. The molecule has 4 rings (SSSR count). The van der Waals surface area contributed by atoms with Gasteiger partial charge in [-0.25, -0.2) is 8.78 Å². The quantitative estimate of drug-likeness (QED) is 0.186. The molecule has 4 N–H and O–H groups in total. The van der Waals surface area contributed by atoms with Crippen LogP contribution in [0.25, 0.3) is 27.9 Å². The number of benzene rings is 2. The van der Waals surface area contributed by atoms with Crippen molar-refractivity contribution in [3.8, 4) is 16.9 Å². The zero-order valence-electron chi connectivity index (χ0n) is 21.5. The van der Waals surface area contributed by atoms with E-state index in [1.807, 2.05) is 6.92 Å². The number of aliphatic hydroxyl groups is 1. The molecule has 0 aliphatic carbocycles. The van der Waals surface area contributed by atoms with E-state index in [1.165, 1.54) is 42.1 Å². The van der Waals surface area contributed by atoms with Crippen molar-refractivity contribution in [3.05, 3.63) is 88.1 Å². The largest absolute Gasteiger partial charge is 0.495 e. The van der Waals surface area contributed by atoms with E-state index in [-0.39, 0.29) is 27.6 Å². The van der Waals surface area contributed by atoms with Gasteiger partial charge in [-0.05, 0) is 42.3 Å².